The third kappa shape index (κ3) is 4.73. The molecule has 2 rings (SSSR count). The minimum absolute atomic E-state index is 0. The minimum Gasteiger partial charge on any atom is -0.460 e. The van der Waals surface area contributed by atoms with E-state index < -0.39 is 0 Å². The maximum atomic E-state index is 5.97. The standard InChI is InChI=1S/C14H15Cl2NO.ClH/c1-9(2)17-8-13-3-4-14(18-13)10-5-11(15)7-12(16)6-10;/h3-7,9,17H,8H2,1-2H3;1H. The minimum atomic E-state index is 0. The molecule has 0 aliphatic heterocycles. The van der Waals surface area contributed by atoms with Crippen molar-refractivity contribution in [3.8, 4) is 11.3 Å². The molecule has 0 saturated carbocycles. The molecular weight excluding hydrogens is 305 g/mol. The molecule has 0 amide bonds. The van der Waals surface area contributed by atoms with Crippen LogP contribution in [0, 0.1) is 0 Å². The first-order chi connectivity index (χ1) is 8.54. The van der Waals surface area contributed by atoms with Gasteiger partial charge in [-0.15, -0.1) is 12.4 Å². The lowest BCUT2D eigenvalue weighted by Crippen LogP contribution is -2.21. The number of nitrogens with one attached hydrogen (secondary N) is 1. The Bertz CT molecular complexity index is 517. The van der Waals surface area contributed by atoms with Crippen molar-refractivity contribution in [3.05, 3.63) is 46.1 Å². The second-order valence-corrected chi connectivity index (χ2v) is 5.33. The van der Waals surface area contributed by atoms with E-state index in [1.54, 1.807) is 6.07 Å². The number of benzene rings is 1. The monoisotopic (exact) mass is 319 g/mol. The molecule has 0 saturated heterocycles. The molecule has 0 atom stereocenters. The van der Waals surface area contributed by atoms with Gasteiger partial charge in [0.1, 0.15) is 11.5 Å². The summed E-state index contributed by atoms with van der Waals surface area (Å²) >= 11 is 11.9. The van der Waals surface area contributed by atoms with Gasteiger partial charge in [0.2, 0.25) is 0 Å². The molecule has 0 fully saturated rings. The first kappa shape index (κ1) is 16.4. The summed E-state index contributed by atoms with van der Waals surface area (Å²) in [5, 5.41) is 4.52. The van der Waals surface area contributed by atoms with Gasteiger partial charge in [-0.25, -0.2) is 0 Å². The van der Waals surface area contributed by atoms with Gasteiger partial charge in [-0.1, -0.05) is 37.0 Å². The summed E-state index contributed by atoms with van der Waals surface area (Å²) in [6.45, 7) is 4.91. The van der Waals surface area contributed by atoms with E-state index in [1.165, 1.54) is 0 Å². The first-order valence-electron chi connectivity index (χ1n) is 5.83. The predicted molar refractivity (Wildman–Crippen MR) is 83.4 cm³/mol. The lowest BCUT2D eigenvalue weighted by Gasteiger charge is -2.05. The van der Waals surface area contributed by atoms with Gasteiger partial charge in [0.25, 0.3) is 0 Å². The lowest BCUT2D eigenvalue weighted by molar-refractivity contribution is 0.473. The average Bonchev–Trinajstić information content (AvgIpc) is 2.73. The van der Waals surface area contributed by atoms with Gasteiger partial charge >= 0.3 is 0 Å². The maximum absolute atomic E-state index is 5.97. The van der Waals surface area contributed by atoms with E-state index in [2.05, 4.69) is 19.2 Å². The Labute approximate surface area is 129 Å². The zero-order valence-corrected chi connectivity index (χ0v) is 13.1. The van der Waals surface area contributed by atoms with Gasteiger partial charge < -0.3 is 9.73 Å². The molecular formula is C14H16Cl3NO. The number of rotatable bonds is 4. The van der Waals surface area contributed by atoms with Crippen molar-refractivity contribution >= 4 is 35.6 Å². The average molecular weight is 321 g/mol. The van der Waals surface area contributed by atoms with E-state index >= 15 is 0 Å². The zero-order valence-electron chi connectivity index (χ0n) is 10.7. The molecule has 0 spiro atoms. The van der Waals surface area contributed by atoms with Crippen LogP contribution in [0.1, 0.15) is 19.6 Å². The third-order valence-electron chi connectivity index (χ3n) is 2.49. The highest BCUT2D eigenvalue weighted by Crippen LogP contribution is 2.28. The first-order valence-corrected chi connectivity index (χ1v) is 6.59. The molecule has 1 N–H and O–H groups in total. The van der Waals surface area contributed by atoms with Crippen LogP contribution in [0.2, 0.25) is 10.0 Å². The quantitative estimate of drug-likeness (QED) is 0.840. The van der Waals surface area contributed by atoms with E-state index in [4.69, 9.17) is 27.6 Å². The van der Waals surface area contributed by atoms with Crippen molar-refractivity contribution in [2.75, 3.05) is 0 Å². The van der Waals surface area contributed by atoms with Crippen molar-refractivity contribution in [2.24, 2.45) is 0 Å². The summed E-state index contributed by atoms with van der Waals surface area (Å²) in [4.78, 5) is 0. The van der Waals surface area contributed by atoms with Crippen LogP contribution in [0.5, 0.6) is 0 Å². The van der Waals surface area contributed by atoms with Gasteiger partial charge in [0.05, 0.1) is 6.54 Å². The molecule has 1 heterocycles. The summed E-state index contributed by atoms with van der Waals surface area (Å²) in [6, 6.07) is 9.70. The highest BCUT2D eigenvalue weighted by atomic mass is 35.5. The van der Waals surface area contributed by atoms with Crippen molar-refractivity contribution < 1.29 is 4.42 Å². The molecule has 1 aromatic carbocycles. The fourth-order valence-corrected chi connectivity index (χ4v) is 2.15. The Balaban J connectivity index is 0.00000180. The molecule has 0 aliphatic carbocycles. The predicted octanol–water partition coefficient (Wildman–Crippen LogP) is 5.17. The zero-order chi connectivity index (χ0) is 13.1. The molecule has 0 radical (unpaired) electrons. The molecule has 2 aromatic rings. The Kier molecular flexibility index (Phi) is 6.21. The normalized spacial score (nSPS) is 10.6. The van der Waals surface area contributed by atoms with E-state index in [1.807, 2.05) is 24.3 Å². The molecule has 0 unspecified atom stereocenters. The largest absolute Gasteiger partial charge is 0.460 e. The summed E-state index contributed by atoms with van der Waals surface area (Å²) in [5.74, 6) is 1.68. The van der Waals surface area contributed by atoms with Crippen LogP contribution in [0.4, 0.5) is 0 Å². The van der Waals surface area contributed by atoms with Crippen molar-refractivity contribution in [3.63, 3.8) is 0 Å². The lowest BCUT2D eigenvalue weighted by atomic mass is 10.2. The highest BCUT2D eigenvalue weighted by Gasteiger charge is 2.07. The van der Waals surface area contributed by atoms with Gasteiger partial charge in [0, 0.05) is 21.7 Å². The van der Waals surface area contributed by atoms with Gasteiger partial charge in [-0.2, -0.15) is 0 Å². The van der Waals surface area contributed by atoms with E-state index in [9.17, 15) is 0 Å². The Morgan fingerprint density at radius 3 is 2.32 bits per heavy atom. The summed E-state index contributed by atoms with van der Waals surface area (Å²) in [7, 11) is 0. The highest BCUT2D eigenvalue weighted by molar-refractivity contribution is 6.35. The Morgan fingerprint density at radius 2 is 1.74 bits per heavy atom. The topological polar surface area (TPSA) is 25.2 Å². The smallest absolute Gasteiger partial charge is 0.134 e. The van der Waals surface area contributed by atoms with Crippen LogP contribution < -0.4 is 5.32 Å². The van der Waals surface area contributed by atoms with Crippen LogP contribution in [-0.4, -0.2) is 6.04 Å². The van der Waals surface area contributed by atoms with Crippen LogP contribution in [0.15, 0.2) is 34.7 Å². The second-order valence-electron chi connectivity index (χ2n) is 4.46. The molecule has 19 heavy (non-hydrogen) atoms. The van der Waals surface area contributed by atoms with E-state index in [0.717, 1.165) is 17.1 Å². The molecule has 0 aliphatic rings. The van der Waals surface area contributed by atoms with E-state index in [-0.39, 0.29) is 12.4 Å². The van der Waals surface area contributed by atoms with Crippen molar-refractivity contribution in [2.45, 2.75) is 26.4 Å². The second kappa shape index (κ2) is 7.20. The number of furan rings is 1. The molecule has 1 aromatic heterocycles. The Morgan fingerprint density at radius 1 is 1.11 bits per heavy atom. The number of hydrogen-bond acceptors (Lipinski definition) is 2. The molecule has 5 heteroatoms. The third-order valence-corrected chi connectivity index (χ3v) is 2.93. The van der Waals surface area contributed by atoms with Crippen LogP contribution in [0.25, 0.3) is 11.3 Å². The summed E-state index contributed by atoms with van der Waals surface area (Å²) in [5.41, 5.74) is 0.892. The molecule has 2 nitrogen and oxygen atoms in total. The van der Waals surface area contributed by atoms with Crippen molar-refractivity contribution in [1.82, 2.24) is 5.32 Å². The maximum Gasteiger partial charge on any atom is 0.134 e. The van der Waals surface area contributed by atoms with Gasteiger partial charge in [-0.05, 0) is 30.3 Å². The fourth-order valence-electron chi connectivity index (χ4n) is 1.63. The fraction of sp³-hybridized carbons (Fsp3) is 0.286. The van der Waals surface area contributed by atoms with Crippen molar-refractivity contribution in [1.29, 1.82) is 0 Å². The molecule has 104 valence electrons. The summed E-state index contributed by atoms with van der Waals surface area (Å²) < 4.78 is 5.75. The van der Waals surface area contributed by atoms with Crippen LogP contribution >= 0.6 is 35.6 Å². The number of halogens is 3. The van der Waals surface area contributed by atoms with Gasteiger partial charge in [0.15, 0.2) is 0 Å². The van der Waals surface area contributed by atoms with Gasteiger partial charge in [-0.3, -0.25) is 0 Å². The van der Waals surface area contributed by atoms with Crippen LogP contribution in [0.3, 0.4) is 0 Å². The SMILES string of the molecule is CC(C)NCc1ccc(-c2cc(Cl)cc(Cl)c2)o1.Cl. The number of hydrogen-bond donors (Lipinski definition) is 1. The Hall–Kier alpha value is -0.670. The molecule has 0 bridgehead atoms. The summed E-state index contributed by atoms with van der Waals surface area (Å²) in [6.07, 6.45) is 0. The van der Waals surface area contributed by atoms with Crippen LogP contribution in [-0.2, 0) is 6.54 Å². The van der Waals surface area contributed by atoms with E-state index in [0.29, 0.717) is 22.6 Å².